The molecule has 1 aromatic heterocycles. The molecule has 2 fully saturated rings. The maximum Gasteiger partial charge on any atom is 0.319 e. The first kappa shape index (κ1) is 21.1. The lowest BCUT2D eigenvalue weighted by molar-refractivity contribution is 0.0695. The molecule has 2 aromatic carbocycles. The van der Waals surface area contributed by atoms with E-state index < -0.39 is 0 Å². The lowest BCUT2D eigenvalue weighted by Gasteiger charge is -2.31. The van der Waals surface area contributed by atoms with E-state index in [9.17, 15) is 14.0 Å². The summed E-state index contributed by atoms with van der Waals surface area (Å²) < 4.78 is 19.0. The van der Waals surface area contributed by atoms with Crippen molar-refractivity contribution >= 4 is 17.6 Å². The van der Waals surface area contributed by atoms with Crippen LogP contribution in [0, 0.1) is 5.82 Å². The van der Waals surface area contributed by atoms with E-state index in [0.717, 1.165) is 25.7 Å². The van der Waals surface area contributed by atoms with Gasteiger partial charge in [0.25, 0.3) is 5.91 Å². The highest BCUT2D eigenvalue weighted by molar-refractivity contribution is 5.97. The molecule has 1 unspecified atom stereocenters. The average molecular weight is 449 g/mol. The molecule has 0 radical (unpaired) electrons. The van der Waals surface area contributed by atoms with Crippen molar-refractivity contribution in [3.8, 4) is 11.4 Å². The number of nitrogens with one attached hydrogen (secondary N) is 2. The Morgan fingerprint density at radius 3 is 2.76 bits per heavy atom. The van der Waals surface area contributed by atoms with Gasteiger partial charge >= 0.3 is 6.03 Å². The predicted octanol–water partition coefficient (Wildman–Crippen LogP) is 4.18. The number of hydrogen-bond donors (Lipinski definition) is 2. The number of amides is 3. The number of aromatic nitrogens is 2. The quantitative estimate of drug-likeness (QED) is 0.609. The monoisotopic (exact) mass is 449 g/mol. The second-order valence-corrected chi connectivity index (χ2v) is 8.51. The van der Waals surface area contributed by atoms with Gasteiger partial charge in [0.05, 0.1) is 5.92 Å². The van der Waals surface area contributed by atoms with E-state index in [1.807, 2.05) is 0 Å². The van der Waals surface area contributed by atoms with Gasteiger partial charge in [-0.1, -0.05) is 23.4 Å². The third kappa shape index (κ3) is 5.02. The number of halogens is 1. The van der Waals surface area contributed by atoms with Gasteiger partial charge in [0.1, 0.15) is 5.82 Å². The minimum Gasteiger partial charge on any atom is -0.339 e. The van der Waals surface area contributed by atoms with E-state index in [1.165, 1.54) is 12.1 Å². The fraction of sp³-hybridized carbons (Fsp3) is 0.333. The molecule has 1 atom stereocenters. The largest absolute Gasteiger partial charge is 0.339 e. The number of carbonyl (C=O) groups is 2. The van der Waals surface area contributed by atoms with Gasteiger partial charge in [-0.15, -0.1) is 0 Å². The van der Waals surface area contributed by atoms with Crippen LogP contribution in [0.3, 0.4) is 0 Å². The van der Waals surface area contributed by atoms with Gasteiger partial charge in [-0.25, -0.2) is 9.18 Å². The molecule has 8 nitrogen and oxygen atoms in total. The van der Waals surface area contributed by atoms with Crippen LogP contribution in [0.5, 0.6) is 0 Å². The van der Waals surface area contributed by atoms with Crippen molar-refractivity contribution < 1.29 is 18.5 Å². The summed E-state index contributed by atoms with van der Waals surface area (Å²) in [6.07, 6.45) is 3.63. The number of urea groups is 1. The van der Waals surface area contributed by atoms with E-state index in [1.54, 1.807) is 41.3 Å². The van der Waals surface area contributed by atoms with E-state index in [2.05, 4.69) is 20.8 Å². The van der Waals surface area contributed by atoms with E-state index in [-0.39, 0.29) is 29.7 Å². The van der Waals surface area contributed by atoms with Crippen molar-refractivity contribution in [1.29, 1.82) is 0 Å². The minimum absolute atomic E-state index is 0.0943. The first-order valence-electron chi connectivity index (χ1n) is 11.1. The summed E-state index contributed by atoms with van der Waals surface area (Å²) in [5.41, 5.74) is 1.62. The molecule has 9 heteroatoms. The summed E-state index contributed by atoms with van der Waals surface area (Å²) in [6, 6.07) is 13.0. The molecule has 3 amide bonds. The lowest BCUT2D eigenvalue weighted by atomic mass is 9.97. The van der Waals surface area contributed by atoms with Crippen LogP contribution in [0.1, 0.15) is 47.8 Å². The van der Waals surface area contributed by atoms with E-state index >= 15 is 0 Å². The van der Waals surface area contributed by atoms with E-state index in [4.69, 9.17) is 4.52 Å². The number of anilines is 1. The van der Waals surface area contributed by atoms with Crippen LogP contribution in [0.15, 0.2) is 53.1 Å². The Bertz CT molecular complexity index is 1180. The molecule has 2 N–H and O–H groups in total. The van der Waals surface area contributed by atoms with Gasteiger partial charge in [-0.05, 0) is 56.0 Å². The van der Waals surface area contributed by atoms with Crippen molar-refractivity contribution in [2.24, 2.45) is 0 Å². The summed E-state index contributed by atoms with van der Waals surface area (Å²) >= 11 is 0. The Labute approximate surface area is 190 Å². The van der Waals surface area contributed by atoms with Crippen molar-refractivity contribution in [3.63, 3.8) is 0 Å². The number of rotatable bonds is 5. The summed E-state index contributed by atoms with van der Waals surface area (Å²) in [5.74, 6) is 0.198. The van der Waals surface area contributed by atoms with Gasteiger partial charge in [0.15, 0.2) is 0 Å². The predicted molar refractivity (Wildman–Crippen MR) is 119 cm³/mol. The van der Waals surface area contributed by atoms with Crippen LogP contribution in [0.4, 0.5) is 14.9 Å². The smallest absolute Gasteiger partial charge is 0.319 e. The van der Waals surface area contributed by atoms with Crippen LogP contribution < -0.4 is 10.6 Å². The number of piperidine rings is 1. The second-order valence-electron chi connectivity index (χ2n) is 8.51. The maximum atomic E-state index is 13.5. The fourth-order valence-corrected chi connectivity index (χ4v) is 4.00. The molecule has 33 heavy (non-hydrogen) atoms. The number of nitrogens with zero attached hydrogens (tertiary/aromatic N) is 3. The van der Waals surface area contributed by atoms with Crippen molar-refractivity contribution in [3.05, 3.63) is 65.8 Å². The second kappa shape index (κ2) is 9.01. The Morgan fingerprint density at radius 2 is 1.94 bits per heavy atom. The standard InChI is InChI=1S/C24H24FN5O3/c25-18-7-1-4-15(12-18)21-28-22(33-29-21)17-6-3-11-30(14-17)23(31)16-5-2-8-20(13-16)27-24(32)26-19-9-10-19/h1-2,4-5,7-8,12-13,17,19H,3,6,9-11,14H2,(H2,26,27,32). The molecular formula is C24H24FN5O3. The summed E-state index contributed by atoms with van der Waals surface area (Å²) in [7, 11) is 0. The molecule has 2 aliphatic rings. The highest BCUT2D eigenvalue weighted by atomic mass is 19.1. The lowest BCUT2D eigenvalue weighted by Crippen LogP contribution is -2.39. The number of carbonyl (C=O) groups excluding carboxylic acids is 2. The minimum atomic E-state index is -0.366. The normalized spacial score (nSPS) is 18.1. The van der Waals surface area contributed by atoms with Crippen LogP contribution in [0.25, 0.3) is 11.4 Å². The third-order valence-corrected chi connectivity index (χ3v) is 5.86. The number of likely N-dealkylation sites (tertiary alicyclic amines) is 1. The summed E-state index contributed by atoms with van der Waals surface area (Å²) in [6.45, 7) is 1.07. The third-order valence-electron chi connectivity index (χ3n) is 5.86. The van der Waals surface area contributed by atoms with Crippen LogP contribution in [-0.2, 0) is 0 Å². The molecule has 1 aliphatic heterocycles. The summed E-state index contributed by atoms with van der Waals surface area (Å²) in [4.78, 5) is 31.4. The molecule has 0 spiro atoms. The highest BCUT2D eigenvalue weighted by Crippen LogP contribution is 2.29. The number of hydrogen-bond acceptors (Lipinski definition) is 5. The molecule has 3 aromatic rings. The fourth-order valence-electron chi connectivity index (χ4n) is 4.00. The Morgan fingerprint density at radius 1 is 1.09 bits per heavy atom. The summed E-state index contributed by atoms with van der Waals surface area (Å²) in [5, 5.41) is 9.65. The topological polar surface area (TPSA) is 100 Å². The molecule has 5 rings (SSSR count). The molecular weight excluding hydrogens is 425 g/mol. The molecule has 1 aliphatic carbocycles. The zero-order valence-corrected chi connectivity index (χ0v) is 18.0. The average Bonchev–Trinajstić information content (AvgIpc) is 3.49. The van der Waals surface area contributed by atoms with Gasteiger partial charge in [0, 0.05) is 35.9 Å². The van der Waals surface area contributed by atoms with Gasteiger partial charge in [0.2, 0.25) is 11.7 Å². The molecule has 2 heterocycles. The highest BCUT2D eigenvalue weighted by Gasteiger charge is 2.29. The van der Waals surface area contributed by atoms with Crippen molar-refractivity contribution in [2.45, 2.75) is 37.6 Å². The van der Waals surface area contributed by atoms with Crippen LogP contribution in [-0.4, -0.2) is 46.1 Å². The maximum absolute atomic E-state index is 13.5. The van der Waals surface area contributed by atoms with Gasteiger partial charge < -0.3 is 20.1 Å². The Balaban J connectivity index is 1.26. The Kier molecular flexibility index (Phi) is 5.77. The number of benzene rings is 2. The molecule has 0 bridgehead atoms. The molecule has 1 saturated heterocycles. The Hall–Kier alpha value is -3.75. The zero-order valence-electron chi connectivity index (χ0n) is 18.0. The van der Waals surface area contributed by atoms with Gasteiger partial charge in [-0.3, -0.25) is 4.79 Å². The zero-order chi connectivity index (χ0) is 22.8. The first-order valence-corrected chi connectivity index (χ1v) is 11.1. The van der Waals surface area contributed by atoms with Crippen LogP contribution >= 0.6 is 0 Å². The van der Waals surface area contributed by atoms with Gasteiger partial charge in [-0.2, -0.15) is 4.98 Å². The molecule has 1 saturated carbocycles. The van der Waals surface area contributed by atoms with Crippen LogP contribution in [0.2, 0.25) is 0 Å². The molecule has 170 valence electrons. The SMILES string of the molecule is O=C(Nc1cccc(C(=O)N2CCCC(c3nc(-c4cccc(F)c4)no3)C2)c1)NC1CC1. The first-order chi connectivity index (χ1) is 16.0. The van der Waals surface area contributed by atoms with Crippen molar-refractivity contribution in [2.75, 3.05) is 18.4 Å². The van der Waals surface area contributed by atoms with Crippen molar-refractivity contribution in [1.82, 2.24) is 20.4 Å². The van der Waals surface area contributed by atoms with E-state index in [0.29, 0.717) is 41.6 Å².